The predicted molar refractivity (Wildman–Crippen MR) is 108 cm³/mol. The van der Waals surface area contributed by atoms with Crippen molar-refractivity contribution in [1.82, 2.24) is 19.3 Å². The Morgan fingerprint density at radius 3 is 2.82 bits per heavy atom. The number of fused-ring (bicyclic) bond motifs is 1. The first kappa shape index (κ1) is 18.1. The molecule has 4 rings (SSSR count). The summed E-state index contributed by atoms with van der Waals surface area (Å²) < 4.78 is 9.13. The normalized spacial score (nSPS) is 11.0. The van der Waals surface area contributed by atoms with Crippen LogP contribution in [0.15, 0.2) is 54.7 Å². The Morgan fingerprint density at radius 1 is 1.21 bits per heavy atom. The zero-order valence-electron chi connectivity index (χ0n) is 15.4. The molecule has 0 atom stereocenters. The van der Waals surface area contributed by atoms with E-state index in [1.54, 1.807) is 29.1 Å². The number of anilines is 1. The highest BCUT2D eigenvalue weighted by Crippen LogP contribution is 2.22. The van der Waals surface area contributed by atoms with Crippen molar-refractivity contribution in [2.75, 3.05) is 5.32 Å². The van der Waals surface area contributed by atoms with E-state index in [1.165, 1.54) is 0 Å². The highest BCUT2D eigenvalue weighted by atomic mass is 35.5. The van der Waals surface area contributed by atoms with Crippen LogP contribution in [0.2, 0.25) is 5.02 Å². The Bertz CT molecular complexity index is 1160. The minimum absolute atomic E-state index is 0.183. The number of amides is 1. The summed E-state index contributed by atoms with van der Waals surface area (Å²) in [6.45, 7) is 2.10. The second-order valence-corrected chi connectivity index (χ2v) is 6.80. The lowest BCUT2D eigenvalue weighted by Gasteiger charge is -2.09. The van der Waals surface area contributed by atoms with E-state index in [0.29, 0.717) is 16.7 Å². The van der Waals surface area contributed by atoms with Gasteiger partial charge >= 0.3 is 0 Å². The fourth-order valence-corrected chi connectivity index (χ4v) is 3.11. The van der Waals surface area contributed by atoms with E-state index in [0.717, 1.165) is 16.6 Å². The molecule has 8 heteroatoms. The maximum absolute atomic E-state index is 12.5. The Kier molecular flexibility index (Phi) is 4.75. The van der Waals surface area contributed by atoms with Crippen LogP contribution in [0.25, 0.3) is 11.0 Å². The second-order valence-electron chi connectivity index (χ2n) is 6.36. The molecule has 7 nitrogen and oxygen atoms in total. The van der Waals surface area contributed by atoms with Crippen molar-refractivity contribution >= 4 is 34.5 Å². The van der Waals surface area contributed by atoms with Crippen LogP contribution < -0.4 is 10.1 Å². The molecule has 28 heavy (non-hydrogen) atoms. The molecular formula is C20H18ClN5O2. The van der Waals surface area contributed by atoms with Crippen molar-refractivity contribution < 1.29 is 9.53 Å². The van der Waals surface area contributed by atoms with Crippen LogP contribution in [-0.2, 0) is 13.8 Å². The summed E-state index contributed by atoms with van der Waals surface area (Å²) in [5.74, 6) is 0.847. The van der Waals surface area contributed by atoms with Crippen molar-refractivity contribution in [1.29, 1.82) is 0 Å². The van der Waals surface area contributed by atoms with Gasteiger partial charge in [-0.15, -0.1) is 0 Å². The van der Waals surface area contributed by atoms with Gasteiger partial charge in [0.15, 0.2) is 12.4 Å². The molecule has 0 spiro atoms. The van der Waals surface area contributed by atoms with E-state index in [2.05, 4.69) is 15.4 Å². The van der Waals surface area contributed by atoms with Crippen LogP contribution in [0.4, 0.5) is 5.95 Å². The average Bonchev–Trinajstić information content (AvgIpc) is 3.27. The predicted octanol–water partition coefficient (Wildman–Crippen LogP) is 4.02. The Balaban J connectivity index is 1.44. The summed E-state index contributed by atoms with van der Waals surface area (Å²) in [5.41, 5.74) is 2.97. The Morgan fingerprint density at radius 2 is 2.04 bits per heavy atom. The minimum Gasteiger partial charge on any atom is -0.471 e. The first-order valence-electron chi connectivity index (χ1n) is 8.66. The van der Waals surface area contributed by atoms with Crippen molar-refractivity contribution in [3.05, 3.63) is 71.0 Å². The molecule has 0 aliphatic carbocycles. The van der Waals surface area contributed by atoms with E-state index in [1.807, 2.05) is 48.9 Å². The van der Waals surface area contributed by atoms with Gasteiger partial charge in [0, 0.05) is 18.3 Å². The lowest BCUT2D eigenvalue weighted by molar-refractivity contribution is 0.101. The molecule has 0 saturated heterocycles. The number of carbonyl (C=O) groups excluding carboxylic acids is 1. The number of ether oxygens (including phenoxy) is 1. The Hall–Kier alpha value is -3.32. The molecule has 142 valence electrons. The largest absolute Gasteiger partial charge is 0.471 e. The fourth-order valence-electron chi connectivity index (χ4n) is 2.89. The van der Waals surface area contributed by atoms with Crippen LogP contribution in [0.5, 0.6) is 5.75 Å². The van der Waals surface area contributed by atoms with Gasteiger partial charge in [-0.1, -0.05) is 23.7 Å². The van der Waals surface area contributed by atoms with Gasteiger partial charge in [-0.05, 0) is 48.9 Å². The number of hydrogen-bond acceptors (Lipinski definition) is 4. The molecule has 2 aromatic carbocycles. The topological polar surface area (TPSA) is 74.0 Å². The van der Waals surface area contributed by atoms with Gasteiger partial charge in [-0.3, -0.25) is 10.1 Å². The maximum Gasteiger partial charge on any atom is 0.278 e. The number of aromatic nitrogens is 4. The van der Waals surface area contributed by atoms with E-state index in [4.69, 9.17) is 16.3 Å². The molecule has 2 aromatic heterocycles. The zero-order valence-corrected chi connectivity index (χ0v) is 16.1. The molecule has 0 aliphatic rings. The van der Waals surface area contributed by atoms with Gasteiger partial charge < -0.3 is 9.30 Å². The van der Waals surface area contributed by atoms with Crippen molar-refractivity contribution in [2.24, 2.45) is 7.05 Å². The van der Waals surface area contributed by atoms with Crippen LogP contribution in [-0.4, -0.2) is 25.2 Å². The van der Waals surface area contributed by atoms with Crippen LogP contribution in [0.1, 0.15) is 16.1 Å². The molecule has 1 N–H and O–H groups in total. The van der Waals surface area contributed by atoms with Crippen molar-refractivity contribution in [3.8, 4) is 5.75 Å². The number of para-hydroxylation sites is 2. The summed E-state index contributed by atoms with van der Waals surface area (Å²) in [5, 5.41) is 7.73. The number of hydrogen-bond donors (Lipinski definition) is 1. The number of carbonyl (C=O) groups is 1. The SMILES string of the molecule is Cc1cc(Cl)ccc1OCn1ccc(C(=O)Nc2nc3ccccc3n2C)n1. The molecule has 0 bridgehead atoms. The van der Waals surface area contributed by atoms with E-state index >= 15 is 0 Å². The molecule has 0 aliphatic heterocycles. The standard InChI is InChI=1S/C20H18ClN5O2/c1-13-11-14(21)7-8-18(13)28-12-26-10-9-16(24-26)19(27)23-20-22-15-5-3-4-6-17(15)25(20)2/h3-11H,12H2,1-2H3,(H,22,23,27). The molecule has 4 aromatic rings. The third-order valence-corrected chi connectivity index (χ3v) is 4.61. The number of nitrogens with zero attached hydrogens (tertiary/aromatic N) is 4. The maximum atomic E-state index is 12.5. The van der Waals surface area contributed by atoms with Gasteiger partial charge in [-0.2, -0.15) is 5.10 Å². The highest BCUT2D eigenvalue weighted by Gasteiger charge is 2.14. The molecule has 0 saturated carbocycles. The molecule has 1 amide bonds. The van der Waals surface area contributed by atoms with Crippen LogP contribution >= 0.6 is 11.6 Å². The molecule has 0 fully saturated rings. The number of nitrogens with one attached hydrogen (secondary N) is 1. The average molecular weight is 396 g/mol. The smallest absolute Gasteiger partial charge is 0.278 e. The first-order chi connectivity index (χ1) is 13.5. The van der Waals surface area contributed by atoms with Crippen molar-refractivity contribution in [2.45, 2.75) is 13.7 Å². The molecule has 0 unspecified atom stereocenters. The summed E-state index contributed by atoms with van der Waals surface area (Å²) >= 11 is 5.95. The summed E-state index contributed by atoms with van der Waals surface area (Å²) in [4.78, 5) is 17.0. The van der Waals surface area contributed by atoms with Crippen molar-refractivity contribution in [3.63, 3.8) is 0 Å². The highest BCUT2D eigenvalue weighted by molar-refractivity contribution is 6.30. The van der Waals surface area contributed by atoms with Gasteiger partial charge in [0.25, 0.3) is 5.91 Å². The lowest BCUT2D eigenvalue weighted by Crippen LogP contribution is -2.16. The van der Waals surface area contributed by atoms with E-state index in [-0.39, 0.29) is 18.3 Å². The third kappa shape index (κ3) is 3.57. The molecule has 0 radical (unpaired) electrons. The third-order valence-electron chi connectivity index (χ3n) is 4.38. The summed E-state index contributed by atoms with van der Waals surface area (Å²) in [6, 6.07) is 14.7. The Labute approximate surface area is 166 Å². The van der Waals surface area contributed by atoms with Gasteiger partial charge in [0.05, 0.1) is 11.0 Å². The quantitative estimate of drug-likeness (QED) is 0.553. The van der Waals surface area contributed by atoms with Gasteiger partial charge in [-0.25, -0.2) is 9.67 Å². The number of halogens is 1. The second kappa shape index (κ2) is 7.36. The van der Waals surface area contributed by atoms with Crippen LogP contribution in [0, 0.1) is 6.92 Å². The summed E-state index contributed by atoms with van der Waals surface area (Å²) in [7, 11) is 1.85. The molecule has 2 heterocycles. The van der Waals surface area contributed by atoms with Gasteiger partial charge in [0.2, 0.25) is 5.95 Å². The minimum atomic E-state index is -0.333. The van der Waals surface area contributed by atoms with Crippen LogP contribution in [0.3, 0.4) is 0 Å². The lowest BCUT2D eigenvalue weighted by atomic mass is 10.2. The first-order valence-corrected chi connectivity index (χ1v) is 9.04. The number of benzene rings is 2. The number of imidazole rings is 1. The number of aryl methyl sites for hydroxylation is 2. The molecular weight excluding hydrogens is 378 g/mol. The zero-order chi connectivity index (χ0) is 19.7. The number of rotatable bonds is 5. The van der Waals surface area contributed by atoms with E-state index in [9.17, 15) is 4.79 Å². The monoisotopic (exact) mass is 395 g/mol. The summed E-state index contributed by atoms with van der Waals surface area (Å²) in [6.07, 6.45) is 1.69. The van der Waals surface area contributed by atoms with Gasteiger partial charge in [0.1, 0.15) is 5.75 Å². The fraction of sp³-hybridized carbons (Fsp3) is 0.150. The van der Waals surface area contributed by atoms with E-state index < -0.39 is 0 Å².